The molecule has 2 saturated heterocycles. The molecule has 114 valence electrons. The molecule has 3 rings (SSSR count). The Morgan fingerprint density at radius 2 is 1.95 bits per heavy atom. The zero-order valence-electron chi connectivity index (χ0n) is 11.7. The molecule has 0 aromatic heterocycles. The lowest BCUT2D eigenvalue weighted by Gasteiger charge is -2.31. The predicted molar refractivity (Wildman–Crippen MR) is 72.2 cm³/mol. The molecule has 2 heterocycles. The van der Waals surface area contributed by atoms with Gasteiger partial charge in [0.1, 0.15) is 6.10 Å². The van der Waals surface area contributed by atoms with Crippen LogP contribution in [0.25, 0.3) is 0 Å². The first-order valence-electron chi connectivity index (χ1n) is 7.65. The van der Waals surface area contributed by atoms with Crippen molar-refractivity contribution in [3.63, 3.8) is 0 Å². The number of rotatable bonds is 5. The van der Waals surface area contributed by atoms with E-state index < -0.39 is 6.10 Å². The van der Waals surface area contributed by atoms with Crippen molar-refractivity contribution < 1.29 is 19.4 Å². The maximum absolute atomic E-state index is 11.9. The number of hydrogen-bond donors (Lipinski definition) is 3. The second kappa shape index (κ2) is 6.39. The molecule has 0 spiro atoms. The third-order valence-corrected chi connectivity index (χ3v) is 4.57. The van der Waals surface area contributed by atoms with Gasteiger partial charge >= 0.3 is 0 Å². The van der Waals surface area contributed by atoms with E-state index in [4.69, 9.17) is 9.47 Å². The molecule has 0 unspecified atom stereocenters. The van der Waals surface area contributed by atoms with Crippen LogP contribution in [0.15, 0.2) is 0 Å². The third-order valence-electron chi connectivity index (χ3n) is 4.57. The van der Waals surface area contributed by atoms with Gasteiger partial charge < -0.3 is 25.2 Å². The summed E-state index contributed by atoms with van der Waals surface area (Å²) in [7, 11) is 0. The van der Waals surface area contributed by atoms with E-state index >= 15 is 0 Å². The fourth-order valence-electron chi connectivity index (χ4n) is 3.18. The van der Waals surface area contributed by atoms with Crippen molar-refractivity contribution >= 4 is 5.91 Å². The van der Waals surface area contributed by atoms with Crippen molar-refractivity contribution in [3.05, 3.63) is 0 Å². The maximum atomic E-state index is 11.9. The van der Waals surface area contributed by atoms with Gasteiger partial charge in [0.2, 0.25) is 5.91 Å². The molecule has 6 heteroatoms. The maximum Gasteiger partial charge on any atom is 0.223 e. The van der Waals surface area contributed by atoms with E-state index in [1.165, 1.54) is 0 Å². The Morgan fingerprint density at radius 3 is 2.60 bits per heavy atom. The highest BCUT2D eigenvalue weighted by Crippen LogP contribution is 2.24. The molecule has 0 aromatic carbocycles. The van der Waals surface area contributed by atoms with Crippen molar-refractivity contribution in [1.82, 2.24) is 10.6 Å². The molecular weight excluding hydrogens is 260 g/mol. The largest absolute Gasteiger partial charge is 0.389 e. The quantitative estimate of drug-likeness (QED) is 0.629. The van der Waals surface area contributed by atoms with E-state index in [1.807, 2.05) is 0 Å². The molecule has 0 aromatic rings. The molecular formula is C14H24N2O4. The smallest absolute Gasteiger partial charge is 0.223 e. The van der Waals surface area contributed by atoms with Crippen LogP contribution in [0.5, 0.6) is 0 Å². The van der Waals surface area contributed by atoms with Crippen LogP contribution in [0, 0.1) is 5.92 Å². The van der Waals surface area contributed by atoms with E-state index in [1.54, 1.807) is 0 Å². The summed E-state index contributed by atoms with van der Waals surface area (Å²) in [6, 6.07) is 0.266. The predicted octanol–water partition coefficient (Wildman–Crippen LogP) is -0.590. The molecule has 0 radical (unpaired) electrons. The van der Waals surface area contributed by atoms with Crippen LogP contribution < -0.4 is 10.6 Å². The average molecular weight is 284 g/mol. The number of carbonyl (C=O) groups excluding carboxylic acids is 1. The molecule has 1 saturated carbocycles. The molecule has 20 heavy (non-hydrogen) atoms. The molecule has 3 atom stereocenters. The highest BCUT2D eigenvalue weighted by molar-refractivity contribution is 5.78. The summed E-state index contributed by atoms with van der Waals surface area (Å²) in [6.45, 7) is 2.29. The molecule has 1 amide bonds. The van der Waals surface area contributed by atoms with Crippen LogP contribution in [0.2, 0.25) is 0 Å². The number of ether oxygens (including phenoxy) is 2. The van der Waals surface area contributed by atoms with Gasteiger partial charge in [-0.3, -0.25) is 4.79 Å². The monoisotopic (exact) mass is 284 g/mol. The number of nitrogens with one attached hydrogen (secondary N) is 2. The van der Waals surface area contributed by atoms with E-state index in [-0.39, 0.29) is 24.0 Å². The standard InChI is InChI=1S/C14H24N2O4/c17-13-11(16-10-6-19-7-10)8-20-12(13)5-15-14(18)9-3-1-2-4-9/h9-13,16-17H,1-8H2,(H,15,18)/t11-,12-,13+/m1/s1. The van der Waals surface area contributed by atoms with Crippen LogP contribution >= 0.6 is 0 Å². The Bertz CT molecular complexity index is 342. The highest BCUT2D eigenvalue weighted by atomic mass is 16.5. The fraction of sp³-hybridized carbons (Fsp3) is 0.929. The zero-order valence-corrected chi connectivity index (χ0v) is 11.7. The Balaban J connectivity index is 1.40. The van der Waals surface area contributed by atoms with E-state index in [0.717, 1.165) is 25.7 Å². The zero-order chi connectivity index (χ0) is 13.9. The van der Waals surface area contributed by atoms with E-state index in [2.05, 4.69) is 10.6 Å². The van der Waals surface area contributed by atoms with E-state index in [0.29, 0.717) is 32.4 Å². The lowest BCUT2D eigenvalue weighted by Crippen LogP contribution is -2.55. The van der Waals surface area contributed by atoms with Crippen molar-refractivity contribution in [2.24, 2.45) is 5.92 Å². The van der Waals surface area contributed by atoms with Crippen molar-refractivity contribution in [3.8, 4) is 0 Å². The van der Waals surface area contributed by atoms with Gasteiger partial charge in [-0.1, -0.05) is 12.8 Å². The van der Waals surface area contributed by atoms with Gasteiger partial charge in [-0.15, -0.1) is 0 Å². The first kappa shape index (κ1) is 14.3. The second-order valence-electron chi connectivity index (χ2n) is 6.10. The normalized spacial score (nSPS) is 35.1. The molecule has 1 aliphatic carbocycles. The molecule has 6 nitrogen and oxygen atoms in total. The number of carbonyl (C=O) groups is 1. The summed E-state index contributed by atoms with van der Waals surface area (Å²) >= 11 is 0. The molecule has 3 fully saturated rings. The Hall–Kier alpha value is -0.690. The van der Waals surface area contributed by atoms with Crippen LogP contribution in [-0.4, -0.2) is 61.7 Å². The van der Waals surface area contributed by atoms with Gasteiger partial charge in [0, 0.05) is 12.5 Å². The summed E-state index contributed by atoms with van der Waals surface area (Å²) in [6.07, 6.45) is 3.40. The Morgan fingerprint density at radius 1 is 1.20 bits per heavy atom. The summed E-state index contributed by atoms with van der Waals surface area (Å²) in [5, 5.41) is 16.5. The lowest BCUT2D eigenvalue weighted by atomic mass is 10.1. The van der Waals surface area contributed by atoms with Gasteiger partial charge in [-0.05, 0) is 12.8 Å². The van der Waals surface area contributed by atoms with Crippen LogP contribution in [0.4, 0.5) is 0 Å². The van der Waals surface area contributed by atoms with Gasteiger partial charge in [0.15, 0.2) is 0 Å². The van der Waals surface area contributed by atoms with Crippen LogP contribution in [0.3, 0.4) is 0 Å². The third kappa shape index (κ3) is 3.14. The topological polar surface area (TPSA) is 79.8 Å². The minimum absolute atomic E-state index is 0.0581. The number of aliphatic hydroxyl groups excluding tert-OH is 1. The number of amides is 1. The summed E-state index contributed by atoms with van der Waals surface area (Å²) in [5.41, 5.74) is 0. The summed E-state index contributed by atoms with van der Waals surface area (Å²) in [5.74, 6) is 0.275. The molecule has 0 bridgehead atoms. The fourth-order valence-corrected chi connectivity index (χ4v) is 3.18. The van der Waals surface area contributed by atoms with E-state index in [9.17, 15) is 9.90 Å². The van der Waals surface area contributed by atoms with Gasteiger partial charge in [-0.2, -0.15) is 0 Å². The highest BCUT2D eigenvalue weighted by Gasteiger charge is 2.38. The van der Waals surface area contributed by atoms with Gasteiger partial charge in [0.25, 0.3) is 0 Å². The minimum Gasteiger partial charge on any atom is -0.389 e. The number of aliphatic hydroxyl groups is 1. The first-order chi connectivity index (χ1) is 9.74. The SMILES string of the molecule is O=C(NC[C@H]1OC[C@@H](NC2COC2)[C@@H]1O)C1CCCC1. The van der Waals surface area contributed by atoms with Crippen LogP contribution in [0.1, 0.15) is 25.7 Å². The van der Waals surface area contributed by atoms with Gasteiger partial charge in [-0.25, -0.2) is 0 Å². The Kier molecular flexibility index (Phi) is 4.55. The minimum atomic E-state index is -0.570. The molecule has 3 N–H and O–H groups in total. The molecule has 3 aliphatic rings. The first-order valence-corrected chi connectivity index (χ1v) is 7.65. The van der Waals surface area contributed by atoms with Crippen molar-refractivity contribution in [2.45, 2.75) is 50.0 Å². The van der Waals surface area contributed by atoms with Crippen molar-refractivity contribution in [1.29, 1.82) is 0 Å². The second-order valence-corrected chi connectivity index (χ2v) is 6.10. The van der Waals surface area contributed by atoms with Crippen LogP contribution in [-0.2, 0) is 14.3 Å². The average Bonchev–Trinajstić information content (AvgIpc) is 3.02. The number of hydrogen-bond acceptors (Lipinski definition) is 5. The summed E-state index contributed by atoms with van der Waals surface area (Å²) in [4.78, 5) is 11.9. The van der Waals surface area contributed by atoms with Gasteiger partial charge in [0.05, 0.1) is 38.0 Å². The Labute approximate surface area is 119 Å². The van der Waals surface area contributed by atoms with Crippen molar-refractivity contribution in [2.75, 3.05) is 26.4 Å². The lowest BCUT2D eigenvalue weighted by molar-refractivity contribution is -0.125. The summed E-state index contributed by atoms with van der Waals surface area (Å²) < 4.78 is 10.7. The molecule has 2 aliphatic heterocycles.